The van der Waals surface area contributed by atoms with E-state index in [2.05, 4.69) is 20.7 Å². The van der Waals surface area contributed by atoms with Gasteiger partial charge in [-0.05, 0) is 47.8 Å². The van der Waals surface area contributed by atoms with Gasteiger partial charge in [-0.25, -0.2) is 17.5 Å². The number of hydrogen-bond donors (Lipinski definition) is 2. The number of nitrogen functional groups attached to an aromatic ring is 1. The van der Waals surface area contributed by atoms with Crippen molar-refractivity contribution >= 4 is 31.6 Å². The number of halogens is 2. The molecule has 0 radical (unpaired) electrons. The van der Waals surface area contributed by atoms with E-state index < -0.39 is 26.3 Å². The van der Waals surface area contributed by atoms with Crippen LogP contribution in [-0.4, -0.2) is 27.2 Å². The van der Waals surface area contributed by atoms with Crippen LogP contribution in [0.25, 0.3) is 0 Å². The fraction of sp³-hybridized carbons (Fsp3) is 0.500. The lowest BCUT2D eigenvalue weighted by Crippen LogP contribution is -2.40. The number of ether oxygens (including phenoxy) is 1. The Balaban J connectivity index is 2.20. The molecule has 0 amide bonds. The molecule has 1 fully saturated rings. The van der Waals surface area contributed by atoms with Crippen LogP contribution >= 0.6 is 15.9 Å². The maximum absolute atomic E-state index is 13.8. The van der Waals surface area contributed by atoms with Gasteiger partial charge >= 0.3 is 0 Å². The first-order valence-electron chi connectivity index (χ1n) is 6.12. The minimum atomic E-state index is -3.96. The molecule has 1 unspecified atom stereocenters. The highest BCUT2D eigenvalue weighted by Crippen LogP contribution is 2.27. The summed E-state index contributed by atoms with van der Waals surface area (Å²) < 4.78 is 46.3. The molecule has 1 aliphatic rings. The summed E-state index contributed by atoms with van der Waals surface area (Å²) in [6, 6.07) is 2.14. The first-order chi connectivity index (χ1) is 9.23. The zero-order valence-electron chi connectivity index (χ0n) is 10.9. The first kappa shape index (κ1) is 15.7. The number of anilines is 1. The van der Waals surface area contributed by atoms with Crippen LogP contribution < -0.4 is 10.5 Å². The fourth-order valence-corrected chi connectivity index (χ4v) is 3.62. The van der Waals surface area contributed by atoms with E-state index in [9.17, 15) is 12.8 Å². The lowest BCUT2D eigenvalue weighted by atomic mass is 10.0. The quantitative estimate of drug-likeness (QED) is 0.798. The van der Waals surface area contributed by atoms with E-state index in [1.165, 1.54) is 0 Å². The standard InChI is InChI=1S/C12H16BrFN2O3S/c1-12(3-2-4-19-12)7-16-20(17,18)11-6-10(15)8(13)5-9(11)14/h5-6,16H,2-4,7,15H2,1H3. The molecule has 0 aliphatic carbocycles. The lowest BCUT2D eigenvalue weighted by molar-refractivity contribution is 0.0250. The Labute approximate surface area is 125 Å². The molecule has 0 saturated carbocycles. The summed E-state index contributed by atoms with van der Waals surface area (Å²) in [5.41, 5.74) is 5.22. The van der Waals surface area contributed by atoms with Crippen molar-refractivity contribution in [1.29, 1.82) is 0 Å². The maximum Gasteiger partial charge on any atom is 0.243 e. The lowest BCUT2D eigenvalue weighted by Gasteiger charge is -2.23. The maximum atomic E-state index is 13.8. The molecule has 1 aliphatic heterocycles. The predicted octanol–water partition coefficient (Wildman–Crippen LogP) is 2.02. The molecule has 1 saturated heterocycles. The van der Waals surface area contributed by atoms with Crippen LogP contribution in [0.4, 0.5) is 10.1 Å². The van der Waals surface area contributed by atoms with Crippen LogP contribution in [0, 0.1) is 5.82 Å². The van der Waals surface area contributed by atoms with Crippen molar-refractivity contribution in [2.45, 2.75) is 30.3 Å². The van der Waals surface area contributed by atoms with E-state index >= 15 is 0 Å². The van der Waals surface area contributed by atoms with Gasteiger partial charge in [0.15, 0.2) is 0 Å². The molecule has 20 heavy (non-hydrogen) atoms. The van der Waals surface area contributed by atoms with Gasteiger partial charge in [0.25, 0.3) is 0 Å². The number of nitrogens with two attached hydrogens (primary N) is 1. The molecular weight excluding hydrogens is 351 g/mol. The van der Waals surface area contributed by atoms with Crippen LogP contribution in [0.5, 0.6) is 0 Å². The van der Waals surface area contributed by atoms with Crippen molar-refractivity contribution in [3.8, 4) is 0 Å². The SMILES string of the molecule is CC1(CNS(=O)(=O)c2cc(N)c(Br)cc2F)CCCO1. The van der Waals surface area contributed by atoms with Crippen LogP contribution in [-0.2, 0) is 14.8 Å². The molecule has 1 heterocycles. The third-order valence-electron chi connectivity index (χ3n) is 3.28. The van der Waals surface area contributed by atoms with Gasteiger partial charge in [0.05, 0.1) is 5.60 Å². The number of sulfonamides is 1. The summed E-state index contributed by atoms with van der Waals surface area (Å²) in [5.74, 6) is -0.851. The molecule has 112 valence electrons. The highest BCUT2D eigenvalue weighted by Gasteiger charge is 2.32. The molecule has 1 aromatic carbocycles. The molecule has 1 atom stereocenters. The van der Waals surface area contributed by atoms with Gasteiger partial charge in [-0.2, -0.15) is 0 Å². The minimum absolute atomic E-state index is 0.102. The van der Waals surface area contributed by atoms with Gasteiger partial charge in [0, 0.05) is 23.3 Å². The van der Waals surface area contributed by atoms with Crippen molar-refractivity contribution in [1.82, 2.24) is 4.72 Å². The second kappa shape index (κ2) is 5.59. The minimum Gasteiger partial charge on any atom is -0.398 e. The summed E-state index contributed by atoms with van der Waals surface area (Å²) in [6.07, 6.45) is 1.65. The molecule has 8 heteroatoms. The monoisotopic (exact) mass is 366 g/mol. The van der Waals surface area contributed by atoms with E-state index in [1.54, 1.807) is 0 Å². The highest BCUT2D eigenvalue weighted by atomic mass is 79.9. The summed E-state index contributed by atoms with van der Waals surface area (Å²) in [4.78, 5) is -0.459. The van der Waals surface area contributed by atoms with Crippen molar-refractivity contribution < 1.29 is 17.5 Å². The van der Waals surface area contributed by atoms with Gasteiger partial charge in [0.1, 0.15) is 10.7 Å². The number of benzene rings is 1. The smallest absolute Gasteiger partial charge is 0.243 e. The van der Waals surface area contributed by atoms with Gasteiger partial charge in [-0.3, -0.25) is 0 Å². The molecule has 0 aromatic heterocycles. The normalized spacial score (nSPS) is 23.1. The topological polar surface area (TPSA) is 81.4 Å². The molecular formula is C12H16BrFN2O3S. The van der Waals surface area contributed by atoms with E-state index in [0.717, 1.165) is 25.0 Å². The molecule has 2 rings (SSSR count). The Hall–Kier alpha value is -0.700. The Morgan fingerprint density at radius 3 is 2.85 bits per heavy atom. The average Bonchev–Trinajstić information content (AvgIpc) is 2.79. The summed E-state index contributed by atoms with van der Waals surface area (Å²) in [6.45, 7) is 2.54. The zero-order chi connectivity index (χ0) is 15.0. The Morgan fingerprint density at radius 1 is 1.55 bits per heavy atom. The fourth-order valence-electron chi connectivity index (χ4n) is 2.05. The van der Waals surface area contributed by atoms with E-state index in [0.29, 0.717) is 11.1 Å². The average molecular weight is 367 g/mol. The van der Waals surface area contributed by atoms with Gasteiger partial charge < -0.3 is 10.5 Å². The van der Waals surface area contributed by atoms with Crippen LogP contribution in [0.1, 0.15) is 19.8 Å². The van der Waals surface area contributed by atoms with Crippen LogP contribution in [0.15, 0.2) is 21.5 Å². The number of nitrogens with one attached hydrogen (secondary N) is 1. The van der Waals surface area contributed by atoms with Crippen LogP contribution in [0.3, 0.4) is 0 Å². The number of hydrogen-bond acceptors (Lipinski definition) is 4. The zero-order valence-corrected chi connectivity index (χ0v) is 13.4. The van der Waals surface area contributed by atoms with Crippen LogP contribution in [0.2, 0.25) is 0 Å². The molecule has 0 bridgehead atoms. The molecule has 3 N–H and O–H groups in total. The Bertz CT molecular complexity index is 615. The van der Waals surface area contributed by atoms with Crippen molar-refractivity contribution in [2.24, 2.45) is 0 Å². The van der Waals surface area contributed by atoms with Crippen molar-refractivity contribution in [3.05, 3.63) is 22.4 Å². The second-order valence-corrected chi connectivity index (χ2v) is 7.62. The Kier molecular flexibility index (Phi) is 4.38. The third-order valence-corrected chi connectivity index (χ3v) is 5.38. The van der Waals surface area contributed by atoms with Gasteiger partial charge in [-0.15, -0.1) is 0 Å². The van der Waals surface area contributed by atoms with E-state index in [-0.39, 0.29) is 12.2 Å². The van der Waals surface area contributed by atoms with E-state index in [4.69, 9.17) is 10.5 Å². The second-order valence-electron chi connectivity index (χ2n) is 5.03. The van der Waals surface area contributed by atoms with Crippen molar-refractivity contribution in [2.75, 3.05) is 18.9 Å². The predicted molar refractivity (Wildman–Crippen MR) is 77.3 cm³/mol. The van der Waals surface area contributed by atoms with E-state index in [1.807, 2.05) is 6.92 Å². The molecule has 0 spiro atoms. The number of rotatable bonds is 4. The Morgan fingerprint density at radius 2 is 2.25 bits per heavy atom. The summed E-state index contributed by atoms with van der Waals surface area (Å²) in [7, 11) is -3.96. The summed E-state index contributed by atoms with van der Waals surface area (Å²) in [5, 5.41) is 0. The molecule has 1 aromatic rings. The first-order valence-corrected chi connectivity index (χ1v) is 8.39. The van der Waals surface area contributed by atoms with Gasteiger partial charge in [-0.1, -0.05) is 0 Å². The molecule has 5 nitrogen and oxygen atoms in total. The third kappa shape index (κ3) is 3.30. The van der Waals surface area contributed by atoms with Crippen molar-refractivity contribution in [3.63, 3.8) is 0 Å². The summed E-state index contributed by atoms with van der Waals surface area (Å²) >= 11 is 3.05. The van der Waals surface area contributed by atoms with Gasteiger partial charge in [0.2, 0.25) is 10.0 Å². The highest BCUT2D eigenvalue weighted by molar-refractivity contribution is 9.10. The largest absolute Gasteiger partial charge is 0.398 e.